The number of nitrogens with zero attached hydrogens (tertiary/aromatic N) is 6. The van der Waals surface area contributed by atoms with E-state index in [0.29, 0.717) is 19.7 Å². The van der Waals surface area contributed by atoms with Gasteiger partial charge < -0.3 is 14.5 Å². The molecule has 0 radical (unpaired) electrons. The molecule has 4 rings (SSSR count). The van der Waals surface area contributed by atoms with Gasteiger partial charge in [0.1, 0.15) is 12.1 Å². The largest absolute Gasteiger partial charge is 0.365 e. The third-order valence-corrected chi connectivity index (χ3v) is 4.57. The SMILES string of the molecule is Cn1ncc2c(N3CCOC(C(=O)N4CCCC4)C3)ncnc21. The van der Waals surface area contributed by atoms with Crippen LogP contribution in [-0.2, 0) is 16.6 Å². The molecular formula is C15H20N6O2. The molecule has 2 aliphatic heterocycles. The fourth-order valence-corrected chi connectivity index (χ4v) is 3.33. The van der Waals surface area contributed by atoms with Crippen molar-refractivity contribution in [3.05, 3.63) is 12.5 Å². The Morgan fingerprint density at radius 1 is 1.26 bits per heavy atom. The Kier molecular flexibility index (Phi) is 3.60. The maximum Gasteiger partial charge on any atom is 0.253 e. The Balaban J connectivity index is 1.57. The molecule has 8 nitrogen and oxygen atoms in total. The molecule has 0 N–H and O–H groups in total. The molecule has 1 atom stereocenters. The summed E-state index contributed by atoms with van der Waals surface area (Å²) in [5, 5.41) is 5.16. The maximum absolute atomic E-state index is 12.6. The van der Waals surface area contributed by atoms with E-state index < -0.39 is 6.10 Å². The molecule has 4 heterocycles. The van der Waals surface area contributed by atoms with E-state index in [1.54, 1.807) is 17.2 Å². The molecule has 2 aromatic rings. The smallest absolute Gasteiger partial charge is 0.253 e. The zero-order valence-electron chi connectivity index (χ0n) is 13.2. The fourth-order valence-electron chi connectivity index (χ4n) is 3.33. The number of ether oxygens (including phenoxy) is 1. The van der Waals surface area contributed by atoms with Crippen LogP contribution in [0.25, 0.3) is 11.0 Å². The average molecular weight is 316 g/mol. The Morgan fingerprint density at radius 2 is 2.09 bits per heavy atom. The van der Waals surface area contributed by atoms with Crippen LogP contribution >= 0.6 is 0 Å². The summed E-state index contributed by atoms with van der Waals surface area (Å²) in [6.07, 6.45) is 5.08. The van der Waals surface area contributed by atoms with E-state index in [2.05, 4.69) is 20.0 Å². The molecule has 0 bridgehead atoms. The molecule has 2 aliphatic rings. The fraction of sp³-hybridized carbons (Fsp3) is 0.600. The Labute approximate surface area is 134 Å². The molecular weight excluding hydrogens is 296 g/mol. The third-order valence-electron chi connectivity index (χ3n) is 4.57. The molecule has 2 saturated heterocycles. The molecule has 1 amide bonds. The lowest BCUT2D eigenvalue weighted by Gasteiger charge is -2.34. The van der Waals surface area contributed by atoms with Crippen molar-refractivity contribution in [3.63, 3.8) is 0 Å². The second-order valence-corrected chi connectivity index (χ2v) is 6.04. The predicted molar refractivity (Wildman–Crippen MR) is 84.1 cm³/mol. The van der Waals surface area contributed by atoms with Gasteiger partial charge in [-0.15, -0.1) is 0 Å². The van der Waals surface area contributed by atoms with Crippen LogP contribution in [0, 0.1) is 0 Å². The number of amides is 1. The van der Waals surface area contributed by atoms with E-state index >= 15 is 0 Å². The van der Waals surface area contributed by atoms with Crippen molar-refractivity contribution >= 4 is 22.8 Å². The maximum atomic E-state index is 12.6. The number of likely N-dealkylation sites (tertiary alicyclic amines) is 1. The van der Waals surface area contributed by atoms with Gasteiger partial charge in [0, 0.05) is 26.7 Å². The van der Waals surface area contributed by atoms with E-state index in [9.17, 15) is 4.79 Å². The van der Waals surface area contributed by atoms with Crippen molar-refractivity contribution in [2.75, 3.05) is 37.7 Å². The van der Waals surface area contributed by atoms with Gasteiger partial charge in [0.05, 0.1) is 24.7 Å². The number of hydrogen-bond donors (Lipinski definition) is 0. The van der Waals surface area contributed by atoms with Gasteiger partial charge in [-0.2, -0.15) is 5.10 Å². The first kappa shape index (κ1) is 14.4. The number of aryl methyl sites for hydroxylation is 1. The molecule has 0 aliphatic carbocycles. The van der Waals surface area contributed by atoms with E-state index in [4.69, 9.17) is 4.74 Å². The summed E-state index contributed by atoms with van der Waals surface area (Å²) < 4.78 is 7.45. The summed E-state index contributed by atoms with van der Waals surface area (Å²) >= 11 is 0. The quantitative estimate of drug-likeness (QED) is 0.787. The molecule has 0 aromatic carbocycles. The summed E-state index contributed by atoms with van der Waals surface area (Å²) in [7, 11) is 1.86. The van der Waals surface area contributed by atoms with Crippen molar-refractivity contribution in [1.82, 2.24) is 24.6 Å². The molecule has 122 valence electrons. The molecule has 0 saturated carbocycles. The number of anilines is 1. The number of morpholine rings is 1. The number of carbonyl (C=O) groups is 1. The second-order valence-electron chi connectivity index (χ2n) is 6.04. The highest BCUT2D eigenvalue weighted by atomic mass is 16.5. The van der Waals surface area contributed by atoms with Crippen LogP contribution in [0.2, 0.25) is 0 Å². The van der Waals surface area contributed by atoms with Gasteiger partial charge in [-0.3, -0.25) is 9.48 Å². The van der Waals surface area contributed by atoms with Crippen molar-refractivity contribution in [1.29, 1.82) is 0 Å². The first-order chi connectivity index (χ1) is 11.2. The number of fused-ring (bicyclic) bond motifs is 1. The van der Waals surface area contributed by atoms with Gasteiger partial charge in [-0.25, -0.2) is 9.97 Å². The first-order valence-corrected chi connectivity index (χ1v) is 8.02. The van der Waals surface area contributed by atoms with Crippen LogP contribution in [0.1, 0.15) is 12.8 Å². The van der Waals surface area contributed by atoms with Crippen LogP contribution in [0.15, 0.2) is 12.5 Å². The summed E-state index contributed by atoms with van der Waals surface area (Å²) in [6.45, 7) is 3.45. The normalized spacial score (nSPS) is 22.0. The zero-order chi connectivity index (χ0) is 15.8. The number of hydrogen-bond acceptors (Lipinski definition) is 6. The van der Waals surface area contributed by atoms with Crippen molar-refractivity contribution in [2.24, 2.45) is 7.05 Å². The van der Waals surface area contributed by atoms with Crippen molar-refractivity contribution in [3.8, 4) is 0 Å². The molecule has 0 spiro atoms. The highest BCUT2D eigenvalue weighted by Gasteiger charge is 2.32. The van der Waals surface area contributed by atoms with E-state index in [1.807, 2.05) is 11.9 Å². The Bertz CT molecular complexity index is 724. The van der Waals surface area contributed by atoms with E-state index in [0.717, 1.165) is 42.8 Å². The van der Waals surface area contributed by atoms with E-state index in [-0.39, 0.29) is 5.91 Å². The highest BCUT2D eigenvalue weighted by Crippen LogP contribution is 2.24. The standard InChI is InChI=1S/C15H20N6O2/c1-19-13-11(8-18-19)14(17-10-16-13)21-6-7-23-12(9-21)15(22)20-4-2-3-5-20/h8,10,12H,2-7,9H2,1H3. The molecule has 1 unspecified atom stereocenters. The van der Waals surface area contributed by atoms with Crippen LogP contribution in [0.4, 0.5) is 5.82 Å². The predicted octanol–water partition coefficient (Wildman–Crippen LogP) is 0.191. The van der Waals surface area contributed by atoms with Gasteiger partial charge in [0.25, 0.3) is 5.91 Å². The van der Waals surface area contributed by atoms with Gasteiger partial charge in [0.15, 0.2) is 11.8 Å². The molecule has 2 fully saturated rings. The summed E-state index contributed by atoms with van der Waals surface area (Å²) in [6, 6.07) is 0. The van der Waals surface area contributed by atoms with Crippen LogP contribution in [0.3, 0.4) is 0 Å². The lowest BCUT2D eigenvalue weighted by atomic mass is 10.2. The monoisotopic (exact) mass is 316 g/mol. The summed E-state index contributed by atoms with van der Waals surface area (Å²) in [5.74, 6) is 0.925. The molecule has 23 heavy (non-hydrogen) atoms. The lowest BCUT2D eigenvalue weighted by molar-refractivity contribution is -0.143. The topological polar surface area (TPSA) is 76.4 Å². The lowest BCUT2D eigenvalue weighted by Crippen LogP contribution is -2.50. The summed E-state index contributed by atoms with van der Waals surface area (Å²) in [5.41, 5.74) is 0.795. The summed E-state index contributed by atoms with van der Waals surface area (Å²) in [4.78, 5) is 25.3. The van der Waals surface area contributed by atoms with Crippen molar-refractivity contribution in [2.45, 2.75) is 18.9 Å². The Hall–Kier alpha value is -2.22. The average Bonchev–Trinajstić information content (AvgIpc) is 3.25. The van der Waals surface area contributed by atoms with E-state index in [1.165, 1.54) is 0 Å². The minimum absolute atomic E-state index is 0.101. The molecule has 8 heteroatoms. The van der Waals surface area contributed by atoms with Gasteiger partial charge in [-0.05, 0) is 12.8 Å². The van der Waals surface area contributed by atoms with Crippen LogP contribution in [0.5, 0.6) is 0 Å². The second kappa shape index (κ2) is 5.77. The zero-order valence-corrected chi connectivity index (χ0v) is 13.2. The van der Waals surface area contributed by atoms with Crippen LogP contribution < -0.4 is 4.90 Å². The minimum atomic E-state index is -0.413. The van der Waals surface area contributed by atoms with Gasteiger partial charge >= 0.3 is 0 Å². The van der Waals surface area contributed by atoms with Gasteiger partial charge in [0.2, 0.25) is 0 Å². The minimum Gasteiger partial charge on any atom is -0.365 e. The van der Waals surface area contributed by atoms with Gasteiger partial charge in [-0.1, -0.05) is 0 Å². The number of rotatable bonds is 2. The number of carbonyl (C=O) groups excluding carboxylic acids is 1. The Morgan fingerprint density at radius 3 is 2.91 bits per heavy atom. The van der Waals surface area contributed by atoms with Crippen molar-refractivity contribution < 1.29 is 9.53 Å². The molecule has 2 aromatic heterocycles. The van der Waals surface area contributed by atoms with Crippen LogP contribution in [-0.4, -0.2) is 69.4 Å². The first-order valence-electron chi connectivity index (χ1n) is 8.02. The number of aromatic nitrogens is 4. The third kappa shape index (κ3) is 2.52. The highest BCUT2D eigenvalue weighted by molar-refractivity contribution is 5.87.